The number of benzene rings is 1. The molecule has 0 spiro atoms. The number of ether oxygens (including phenoxy) is 2. The van der Waals surface area contributed by atoms with Gasteiger partial charge in [-0.15, -0.1) is 11.6 Å². The first-order chi connectivity index (χ1) is 7.81. The molecule has 0 aliphatic carbocycles. The van der Waals surface area contributed by atoms with E-state index in [0.29, 0.717) is 17.5 Å². The zero-order chi connectivity index (χ0) is 11.4. The molecule has 1 unspecified atom stereocenters. The van der Waals surface area contributed by atoms with E-state index in [9.17, 15) is 0 Å². The van der Waals surface area contributed by atoms with Crippen molar-refractivity contribution in [1.82, 2.24) is 0 Å². The molecule has 1 saturated heterocycles. The zero-order valence-electron chi connectivity index (χ0n) is 8.92. The first-order valence-electron chi connectivity index (χ1n) is 5.39. The summed E-state index contributed by atoms with van der Waals surface area (Å²) in [6.45, 7) is 1.48. The second-order valence-corrected chi connectivity index (χ2v) is 4.48. The number of halogens is 2. The lowest BCUT2D eigenvalue weighted by atomic mass is 10.1. The lowest BCUT2D eigenvalue weighted by Crippen LogP contribution is -2.28. The standard InChI is InChI=1S/C12H14Cl2O2/c13-7-10-11(14)4-1-5-12(10)16-9-3-2-6-15-8-9/h1,4-5,9H,2-3,6-8H2. The van der Waals surface area contributed by atoms with E-state index in [1.165, 1.54) is 0 Å². The fourth-order valence-corrected chi connectivity index (χ4v) is 2.34. The van der Waals surface area contributed by atoms with Crippen LogP contribution in [0.2, 0.25) is 5.02 Å². The van der Waals surface area contributed by atoms with Gasteiger partial charge in [-0.2, -0.15) is 0 Å². The summed E-state index contributed by atoms with van der Waals surface area (Å²) in [4.78, 5) is 0. The molecule has 4 heteroatoms. The summed E-state index contributed by atoms with van der Waals surface area (Å²) in [5.74, 6) is 1.14. The van der Waals surface area contributed by atoms with E-state index in [-0.39, 0.29) is 6.10 Å². The van der Waals surface area contributed by atoms with Gasteiger partial charge in [0.25, 0.3) is 0 Å². The Morgan fingerprint density at radius 3 is 3.00 bits per heavy atom. The highest BCUT2D eigenvalue weighted by molar-refractivity contribution is 6.32. The van der Waals surface area contributed by atoms with Gasteiger partial charge in [0.15, 0.2) is 0 Å². The minimum absolute atomic E-state index is 0.120. The molecule has 1 aliphatic heterocycles. The average molecular weight is 261 g/mol. The summed E-state index contributed by atoms with van der Waals surface area (Å²) in [6.07, 6.45) is 2.18. The van der Waals surface area contributed by atoms with Crippen molar-refractivity contribution in [3.8, 4) is 5.75 Å². The van der Waals surface area contributed by atoms with Gasteiger partial charge >= 0.3 is 0 Å². The van der Waals surface area contributed by atoms with Crippen molar-refractivity contribution in [2.45, 2.75) is 24.8 Å². The van der Waals surface area contributed by atoms with Crippen LogP contribution < -0.4 is 4.74 Å². The summed E-state index contributed by atoms with van der Waals surface area (Å²) in [7, 11) is 0. The maximum Gasteiger partial charge on any atom is 0.125 e. The second-order valence-electron chi connectivity index (χ2n) is 3.81. The van der Waals surface area contributed by atoms with Gasteiger partial charge < -0.3 is 9.47 Å². The van der Waals surface area contributed by atoms with Crippen LogP contribution in [0.5, 0.6) is 5.75 Å². The summed E-state index contributed by atoms with van der Waals surface area (Å²) in [5.41, 5.74) is 0.858. The molecule has 1 aliphatic rings. The third-order valence-electron chi connectivity index (χ3n) is 2.62. The van der Waals surface area contributed by atoms with E-state index in [2.05, 4.69) is 0 Å². The van der Waals surface area contributed by atoms with Gasteiger partial charge in [-0.1, -0.05) is 17.7 Å². The Hall–Kier alpha value is -0.440. The van der Waals surface area contributed by atoms with Crippen LogP contribution >= 0.6 is 23.2 Å². The minimum atomic E-state index is 0.120. The largest absolute Gasteiger partial charge is 0.488 e. The van der Waals surface area contributed by atoms with Crippen molar-refractivity contribution < 1.29 is 9.47 Å². The van der Waals surface area contributed by atoms with Crippen LogP contribution in [0.3, 0.4) is 0 Å². The van der Waals surface area contributed by atoms with E-state index < -0.39 is 0 Å². The van der Waals surface area contributed by atoms with E-state index in [0.717, 1.165) is 30.8 Å². The average Bonchev–Trinajstić information content (AvgIpc) is 2.31. The molecule has 1 fully saturated rings. The Kier molecular flexibility index (Phi) is 4.33. The number of rotatable bonds is 3. The van der Waals surface area contributed by atoms with Gasteiger partial charge in [0.05, 0.1) is 12.5 Å². The quantitative estimate of drug-likeness (QED) is 0.773. The molecular formula is C12H14Cl2O2. The molecular weight excluding hydrogens is 247 g/mol. The van der Waals surface area contributed by atoms with Gasteiger partial charge in [0.1, 0.15) is 11.9 Å². The predicted molar refractivity (Wildman–Crippen MR) is 65.5 cm³/mol. The molecule has 0 N–H and O–H groups in total. The molecule has 1 aromatic carbocycles. The van der Waals surface area contributed by atoms with Gasteiger partial charge in [0, 0.05) is 17.2 Å². The highest BCUT2D eigenvalue weighted by atomic mass is 35.5. The number of alkyl halides is 1. The lowest BCUT2D eigenvalue weighted by molar-refractivity contribution is 0.00713. The molecule has 1 heterocycles. The van der Waals surface area contributed by atoms with Crippen LogP contribution in [0.15, 0.2) is 18.2 Å². The van der Waals surface area contributed by atoms with Gasteiger partial charge in [0.2, 0.25) is 0 Å². The van der Waals surface area contributed by atoms with Gasteiger partial charge in [-0.25, -0.2) is 0 Å². The molecule has 0 amide bonds. The topological polar surface area (TPSA) is 18.5 Å². The van der Waals surface area contributed by atoms with Gasteiger partial charge in [-0.3, -0.25) is 0 Å². The zero-order valence-corrected chi connectivity index (χ0v) is 10.4. The van der Waals surface area contributed by atoms with Crippen molar-refractivity contribution in [3.05, 3.63) is 28.8 Å². The normalized spacial score (nSPS) is 20.8. The van der Waals surface area contributed by atoms with Crippen LogP contribution in [-0.2, 0) is 10.6 Å². The Morgan fingerprint density at radius 2 is 2.31 bits per heavy atom. The van der Waals surface area contributed by atoms with Crippen molar-refractivity contribution in [1.29, 1.82) is 0 Å². The molecule has 0 bridgehead atoms. The molecule has 2 nitrogen and oxygen atoms in total. The van der Waals surface area contributed by atoms with Crippen LogP contribution in [0.4, 0.5) is 0 Å². The maximum absolute atomic E-state index is 6.05. The Bertz CT molecular complexity index is 349. The number of hydrogen-bond donors (Lipinski definition) is 0. The first kappa shape index (κ1) is 12.0. The van der Waals surface area contributed by atoms with Gasteiger partial charge in [-0.05, 0) is 25.0 Å². The fourth-order valence-electron chi connectivity index (χ4n) is 1.76. The summed E-state index contributed by atoms with van der Waals surface area (Å²) in [5, 5.41) is 0.657. The SMILES string of the molecule is ClCc1c(Cl)cccc1OC1CCCOC1. The van der Waals surface area contributed by atoms with Crippen molar-refractivity contribution >= 4 is 23.2 Å². The fraction of sp³-hybridized carbons (Fsp3) is 0.500. The van der Waals surface area contributed by atoms with Crippen molar-refractivity contribution in [2.75, 3.05) is 13.2 Å². The predicted octanol–water partition coefficient (Wildman–Crippen LogP) is 3.64. The lowest BCUT2D eigenvalue weighted by Gasteiger charge is -2.24. The van der Waals surface area contributed by atoms with Crippen molar-refractivity contribution in [3.63, 3.8) is 0 Å². The summed E-state index contributed by atoms with van der Waals surface area (Å²) < 4.78 is 11.2. The summed E-state index contributed by atoms with van der Waals surface area (Å²) in [6, 6.07) is 5.60. The minimum Gasteiger partial charge on any atom is -0.488 e. The maximum atomic E-state index is 6.05. The molecule has 1 aromatic rings. The molecule has 16 heavy (non-hydrogen) atoms. The van der Waals surface area contributed by atoms with Crippen molar-refractivity contribution in [2.24, 2.45) is 0 Å². The van der Waals surface area contributed by atoms with Crippen LogP contribution in [-0.4, -0.2) is 19.3 Å². The Balaban J connectivity index is 2.10. The highest BCUT2D eigenvalue weighted by Crippen LogP contribution is 2.29. The van der Waals surface area contributed by atoms with E-state index in [1.807, 2.05) is 18.2 Å². The monoisotopic (exact) mass is 260 g/mol. The molecule has 2 rings (SSSR count). The molecule has 88 valence electrons. The summed E-state index contributed by atoms with van der Waals surface area (Å²) >= 11 is 11.9. The van der Waals surface area contributed by atoms with E-state index >= 15 is 0 Å². The Labute approximate surface area is 105 Å². The first-order valence-corrected chi connectivity index (χ1v) is 6.30. The van der Waals surface area contributed by atoms with Crippen LogP contribution in [0.1, 0.15) is 18.4 Å². The number of hydrogen-bond acceptors (Lipinski definition) is 2. The third-order valence-corrected chi connectivity index (χ3v) is 3.24. The molecule has 0 saturated carbocycles. The van der Waals surface area contributed by atoms with Crippen LogP contribution in [0, 0.1) is 0 Å². The molecule has 0 aromatic heterocycles. The molecule has 1 atom stereocenters. The van der Waals surface area contributed by atoms with Crippen LogP contribution in [0.25, 0.3) is 0 Å². The molecule has 0 radical (unpaired) electrons. The smallest absolute Gasteiger partial charge is 0.125 e. The van der Waals surface area contributed by atoms with E-state index in [1.54, 1.807) is 0 Å². The third kappa shape index (κ3) is 2.82. The van der Waals surface area contributed by atoms with E-state index in [4.69, 9.17) is 32.7 Å². The Morgan fingerprint density at radius 1 is 1.44 bits per heavy atom. The highest BCUT2D eigenvalue weighted by Gasteiger charge is 2.17. The second kappa shape index (κ2) is 5.76.